The van der Waals surface area contributed by atoms with Crippen molar-refractivity contribution in [2.24, 2.45) is 0 Å². The quantitative estimate of drug-likeness (QED) is 0.159. The Morgan fingerprint density at radius 3 is 1.33 bits per heavy atom. The Balaban J connectivity index is 1.25. The zero-order valence-corrected chi connectivity index (χ0v) is 29.9. The van der Waals surface area contributed by atoms with E-state index in [0.29, 0.717) is 0 Å². The van der Waals surface area contributed by atoms with E-state index in [9.17, 15) is 0 Å². The highest BCUT2D eigenvalue weighted by Gasteiger charge is 2.50. The predicted molar refractivity (Wildman–Crippen MR) is 228 cm³/mol. The number of hydrogen-bond donors (Lipinski definition) is 0. The molecule has 0 heteroatoms. The van der Waals surface area contributed by atoms with Crippen LogP contribution < -0.4 is 0 Å². The summed E-state index contributed by atoms with van der Waals surface area (Å²) in [6, 6.07) is 70.7. The fourth-order valence-electron chi connectivity index (χ4n) is 10.6. The summed E-state index contributed by atoms with van der Waals surface area (Å²) >= 11 is 0. The highest BCUT2D eigenvalue weighted by Crippen LogP contribution is 2.63. The van der Waals surface area contributed by atoms with Gasteiger partial charge in [-0.2, -0.15) is 0 Å². The number of aryl methyl sites for hydroxylation is 1. The largest absolute Gasteiger partial charge is 0.0725 e. The van der Waals surface area contributed by atoms with Gasteiger partial charge in [0.2, 0.25) is 0 Å². The van der Waals surface area contributed by atoms with Gasteiger partial charge in [-0.05, 0) is 122 Å². The lowest BCUT2D eigenvalue weighted by Gasteiger charge is -2.40. The third-order valence-electron chi connectivity index (χ3n) is 12.6. The van der Waals surface area contributed by atoms with E-state index < -0.39 is 5.41 Å². The molecule has 0 atom stereocenters. The van der Waals surface area contributed by atoms with E-state index in [-0.39, 0.29) is 0 Å². The average Bonchev–Trinajstić information content (AvgIpc) is 3.52. The van der Waals surface area contributed by atoms with Crippen LogP contribution in [0, 0.1) is 6.92 Å². The summed E-state index contributed by atoms with van der Waals surface area (Å²) < 4.78 is 0. The molecule has 10 aromatic carbocycles. The fourth-order valence-corrected chi connectivity index (χ4v) is 10.6. The monoisotopic (exact) mass is 682 g/mol. The van der Waals surface area contributed by atoms with Crippen molar-refractivity contribution in [2.75, 3.05) is 0 Å². The number of benzene rings is 10. The first-order chi connectivity index (χ1) is 26.7. The Kier molecular flexibility index (Phi) is 6.00. The van der Waals surface area contributed by atoms with Gasteiger partial charge < -0.3 is 0 Å². The Labute approximate surface area is 314 Å². The molecule has 250 valence electrons. The van der Waals surface area contributed by atoms with Crippen molar-refractivity contribution in [2.45, 2.75) is 12.3 Å². The second-order valence-electron chi connectivity index (χ2n) is 15.1. The molecular weight excluding hydrogens is 649 g/mol. The van der Waals surface area contributed by atoms with Gasteiger partial charge in [0.1, 0.15) is 0 Å². The van der Waals surface area contributed by atoms with Crippen molar-refractivity contribution in [3.05, 3.63) is 216 Å². The van der Waals surface area contributed by atoms with Crippen molar-refractivity contribution in [3.63, 3.8) is 0 Å². The minimum absolute atomic E-state index is 0.427. The maximum Gasteiger partial charge on any atom is 0.0725 e. The lowest BCUT2D eigenvalue weighted by Crippen LogP contribution is -2.32. The van der Waals surface area contributed by atoms with Crippen LogP contribution in [0.15, 0.2) is 188 Å². The molecule has 0 radical (unpaired) electrons. The van der Waals surface area contributed by atoms with Gasteiger partial charge in [0.05, 0.1) is 5.41 Å². The molecule has 0 bridgehead atoms. The van der Waals surface area contributed by atoms with Gasteiger partial charge in [0.15, 0.2) is 0 Å². The molecule has 0 aliphatic heterocycles. The van der Waals surface area contributed by atoms with Crippen molar-refractivity contribution in [3.8, 4) is 44.5 Å². The zero-order chi connectivity index (χ0) is 35.5. The van der Waals surface area contributed by atoms with Crippen LogP contribution in [0.2, 0.25) is 0 Å². The Morgan fingerprint density at radius 1 is 0.296 bits per heavy atom. The van der Waals surface area contributed by atoms with Crippen molar-refractivity contribution >= 4 is 43.1 Å². The molecule has 0 fully saturated rings. The lowest BCUT2D eigenvalue weighted by molar-refractivity contribution is 0.773. The minimum atomic E-state index is -0.427. The van der Waals surface area contributed by atoms with Crippen LogP contribution in [0.1, 0.15) is 27.8 Å². The molecule has 2 aliphatic carbocycles. The van der Waals surface area contributed by atoms with Crippen molar-refractivity contribution < 1.29 is 0 Å². The van der Waals surface area contributed by atoms with E-state index >= 15 is 0 Å². The SMILES string of the molecule is Cc1cc(-c2c3ccccc3c(-c3cccc4ccccc34)c3ccccc23)c2cccc3c2c1-c1ccccc1C31c2ccccc2-c2ccccc21. The second kappa shape index (κ2) is 10.9. The standard InChI is InChI=1S/C54H34/c1-33-32-45(52-41-23-6-4-21-39(41)51(40-22-5-7-24-42(40)52)38-26-14-17-34-16-2-3-18-35(34)38)43-27-15-31-49-53(43)50(33)44-25-10-13-30-48(44)54(49)46-28-11-8-19-36(46)37-20-9-12-29-47(37)54/h2-32H,1H3. The van der Waals surface area contributed by atoms with Gasteiger partial charge in [-0.3, -0.25) is 0 Å². The van der Waals surface area contributed by atoms with Gasteiger partial charge in [-0.25, -0.2) is 0 Å². The highest BCUT2D eigenvalue weighted by molar-refractivity contribution is 6.26. The van der Waals surface area contributed by atoms with Crippen LogP contribution in [0.4, 0.5) is 0 Å². The van der Waals surface area contributed by atoms with Gasteiger partial charge >= 0.3 is 0 Å². The first-order valence-electron chi connectivity index (χ1n) is 19.0. The summed E-state index contributed by atoms with van der Waals surface area (Å²) in [5.41, 5.74) is 16.9. The van der Waals surface area contributed by atoms with E-state index in [4.69, 9.17) is 0 Å². The molecule has 1 spiro atoms. The van der Waals surface area contributed by atoms with Crippen molar-refractivity contribution in [1.29, 1.82) is 0 Å². The molecule has 0 heterocycles. The first kappa shape index (κ1) is 29.8. The maximum absolute atomic E-state index is 2.48. The molecule has 10 aromatic rings. The van der Waals surface area contributed by atoms with E-state index in [0.717, 1.165) is 0 Å². The minimum Gasteiger partial charge on any atom is -0.0619 e. The zero-order valence-electron chi connectivity index (χ0n) is 29.9. The smallest absolute Gasteiger partial charge is 0.0619 e. The van der Waals surface area contributed by atoms with Gasteiger partial charge in [-0.15, -0.1) is 0 Å². The lowest BCUT2D eigenvalue weighted by atomic mass is 9.61. The summed E-state index contributed by atoms with van der Waals surface area (Å²) in [4.78, 5) is 0. The normalized spacial score (nSPS) is 13.4. The predicted octanol–water partition coefficient (Wildman–Crippen LogP) is 14.3. The molecule has 2 aliphatic rings. The number of hydrogen-bond acceptors (Lipinski definition) is 0. The summed E-state index contributed by atoms with van der Waals surface area (Å²) in [6.45, 7) is 2.33. The second-order valence-corrected chi connectivity index (χ2v) is 15.1. The molecule has 0 aromatic heterocycles. The molecular formula is C54H34. The van der Waals surface area contributed by atoms with Gasteiger partial charge in [0, 0.05) is 0 Å². The molecule has 0 nitrogen and oxygen atoms in total. The van der Waals surface area contributed by atoms with Crippen LogP contribution in [0.5, 0.6) is 0 Å². The third-order valence-corrected chi connectivity index (χ3v) is 12.6. The molecule has 12 rings (SSSR count). The first-order valence-corrected chi connectivity index (χ1v) is 19.0. The topological polar surface area (TPSA) is 0 Å². The van der Waals surface area contributed by atoms with Gasteiger partial charge in [-0.1, -0.05) is 188 Å². The van der Waals surface area contributed by atoms with Crippen LogP contribution in [0.3, 0.4) is 0 Å². The fraction of sp³-hybridized carbons (Fsp3) is 0.0370. The Hall–Kier alpha value is -6.76. The van der Waals surface area contributed by atoms with Crippen LogP contribution in [-0.4, -0.2) is 0 Å². The third kappa shape index (κ3) is 3.67. The molecule has 0 N–H and O–H groups in total. The Morgan fingerprint density at radius 2 is 0.704 bits per heavy atom. The van der Waals surface area contributed by atoms with E-state index in [1.54, 1.807) is 0 Å². The van der Waals surface area contributed by atoms with Crippen LogP contribution in [0.25, 0.3) is 87.6 Å². The maximum atomic E-state index is 2.48. The summed E-state index contributed by atoms with van der Waals surface area (Å²) in [5.74, 6) is 0. The summed E-state index contributed by atoms with van der Waals surface area (Å²) in [5, 5.41) is 10.3. The molecule has 0 saturated heterocycles. The number of rotatable bonds is 2. The summed E-state index contributed by atoms with van der Waals surface area (Å²) in [6.07, 6.45) is 0. The van der Waals surface area contributed by atoms with E-state index in [1.807, 2.05) is 0 Å². The Bertz CT molecular complexity index is 3120. The van der Waals surface area contributed by atoms with E-state index in [2.05, 4.69) is 195 Å². The molecule has 0 saturated carbocycles. The van der Waals surface area contributed by atoms with E-state index in [1.165, 1.54) is 115 Å². The molecule has 0 amide bonds. The molecule has 54 heavy (non-hydrogen) atoms. The summed E-state index contributed by atoms with van der Waals surface area (Å²) in [7, 11) is 0. The van der Waals surface area contributed by atoms with Crippen LogP contribution in [-0.2, 0) is 5.41 Å². The average molecular weight is 683 g/mol. The van der Waals surface area contributed by atoms with Crippen LogP contribution >= 0.6 is 0 Å². The molecule has 0 unspecified atom stereocenters. The van der Waals surface area contributed by atoms with Crippen molar-refractivity contribution in [1.82, 2.24) is 0 Å². The highest BCUT2D eigenvalue weighted by atomic mass is 14.5. The van der Waals surface area contributed by atoms with Gasteiger partial charge in [0.25, 0.3) is 0 Å². The number of fused-ring (bicyclic) bond motifs is 12.